The molecule has 2 heterocycles. The summed E-state index contributed by atoms with van der Waals surface area (Å²) < 4.78 is 1.73. The summed E-state index contributed by atoms with van der Waals surface area (Å²) in [6, 6.07) is 0. The Hall–Kier alpha value is -1.80. The van der Waals surface area contributed by atoms with Gasteiger partial charge in [-0.1, -0.05) is 11.8 Å². The average Bonchev–Trinajstić information content (AvgIpc) is 2.80. The van der Waals surface area contributed by atoms with E-state index >= 15 is 0 Å². The van der Waals surface area contributed by atoms with Crippen molar-refractivity contribution < 1.29 is 0 Å². The minimum absolute atomic E-state index is 0.531. The van der Waals surface area contributed by atoms with Crippen molar-refractivity contribution in [3.8, 4) is 17.8 Å². The molecular formula is C10H8N4S. The van der Waals surface area contributed by atoms with Gasteiger partial charge >= 0.3 is 0 Å². The minimum Gasteiger partial charge on any atom is -0.274 e. The third-order valence-corrected chi connectivity index (χ3v) is 1.84. The molecule has 0 fully saturated rings. The maximum atomic E-state index is 4.16. The molecule has 0 N–H and O–H groups in total. The van der Waals surface area contributed by atoms with Crippen LogP contribution >= 0.6 is 12.6 Å². The standard InChI is InChI=1S/C10H8N4S/c15-5-1-2-9-6-12-10(13-7-9)14-4-3-11-8-14/h3-4,6-8,15H,5H2. The van der Waals surface area contributed by atoms with Gasteiger partial charge in [-0.05, 0) is 0 Å². The van der Waals surface area contributed by atoms with Crippen LogP contribution in [0.15, 0.2) is 31.1 Å². The molecule has 15 heavy (non-hydrogen) atoms. The molecule has 5 heteroatoms. The van der Waals surface area contributed by atoms with Crippen LogP contribution in [-0.4, -0.2) is 25.3 Å². The molecule has 0 aromatic carbocycles. The van der Waals surface area contributed by atoms with E-state index in [4.69, 9.17) is 0 Å². The number of aromatic nitrogens is 4. The summed E-state index contributed by atoms with van der Waals surface area (Å²) in [4.78, 5) is 12.2. The highest BCUT2D eigenvalue weighted by Crippen LogP contribution is 1.99. The molecule has 0 aliphatic rings. The van der Waals surface area contributed by atoms with Gasteiger partial charge in [0.15, 0.2) is 0 Å². The van der Waals surface area contributed by atoms with Crippen LogP contribution in [0.2, 0.25) is 0 Å². The number of imidazole rings is 1. The third-order valence-electron chi connectivity index (χ3n) is 1.69. The molecule has 0 bridgehead atoms. The molecule has 0 atom stereocenters. The normalized spacial score (nSPS) is 9.40. The number of rotatable bonds is 1. The van der Waals surface area contributed by atoms with Crippen molar-refractivity contribution in [3.05, 3.63) is 36.7 Å². The lowest BCUT2D eigenvalue weighted by Crippen LogP contribution is -1.97. The predicted molar refractivity (Wildman–Crippen MR) is 59.9 cm³/mol. The first-order valence-corrected chi connectivity index (χ1v) is 4.93. The third kappa shape index (κ3) is 2.36. The van der Waals surface area contributed by atoms with Crippen LogP contribution in [0.5, 0.6) is 0 Å². The predicted octanol–water partition coefficient (Wildman–Crippen LogP) is 0.944. The lowest BCUT2D eigenvalue weighted by Gasteiger charge is -1.97. The zero-order chi connectivity index (χ0) is 10.5. The Morgan fingerprint density at radius 1 is 1.33 bits per heavy atom. The topological polar surface area (TPSA) is 43.6 Å². The summed E-state index contributed by atoms with van der Waals surface area (Å²) in [7, 11) is 0. The Morgan fingerprint density at radius 2 is 2.13 bits per heavy atom. The van der Waals surface area contributed by atoms with E-state index in [9.17, 15) is 0 Å². The van der Waals surface area contributed by atoms with Crippen molar-refractivity contribution in [1.29, 1.82) is 0 Å². The van der Waals surface area contributed by atoms with Crippen molar-refractivity contribution >= 4 is 12.6 Å². The molecule has 74 valence electrons. The van der Waals surface area contributed by atoms with Gasteiger partial charge in [-0.25, -0.2) is 15.0 Å². The highest BCUT2D eigenvalue weighted by atomic mass is 32.1. The van der Waals surface area contributed by atoms with Gasteiger partial charge in [0.25, 0.3) is 0 Å². The first-order chi connectivity index (χ1) is 7.40. The fourth-order valence-electron chi connectivity index (χ4n) is 1.04. The van der Waals surface area contributed by atoms with E-state index in [1.54, 1.807) is 35.7 Å². The second kappa shape index (κ2) is 4.62. The molecule has 0 spiro atoms. The summed E-state index contributed by atoms with van der Waals surface area (Å²) in [6.07, 6.45) is 8.47. The highest BCUT2D eigenvalue weighted by molar-refractivity contribution is 7.80. The van der Waals surface area contributed by atoms with Crippen molar-refractivity contribution in [2.45, 2.75) is 0 Å². The fourth-order valence-corrected chi connectivity index (χ4v) is 1.12. The first kappa shape index (κ1) is 9.74. The molecule has 0 saturated heterocycles. The van der Waals surface area contributed by atoms with Crippen LogP contribution in [0.25, 0.3) is 5.95 Å². The molecule has 4 nitrogen and oxygen atoms in total. The SMILES string of the molecule is SCC#Cc1cnc(-n2ccnc2)nc1. The van der Waals surface area contributed by atoms with Crippen LogP contribution < -0.4 is 0 Å². The van der Waals surface area contributed by atoms with E-state index in [0.29, 0.717) is 11.7 Å². The van der Waals surface area contributed by atoms with Crippen LogP contribution in [0.1, 0.15) is 5.56 Å². The molecule has 0 saturated carbocycles. The zero-order valence-electron chi connectivity index (χ0n) is 7.83. The second-order valence-corrected chi connectivity index (χ2v) is 3.02. The van der Waals surface area contributed by atoms with Gasteiger partial charge in [-0.2, -0.15) is 12.6 Å². The minimum atomic E-state index is 0.531. The van der Waals surface area contributed by atoms with Crippen molar-refractivity contribution in [3.63, 3.8) is 0 Å². The van der Waals surface area contributed by atoms with Crippen LogP contribution in [0.4, 0.5) is 0 Å². The Kier molecular flexibility index (Phi) is 3.00. The molecule has 0 unspecified atom stereocenters. The number of hydrogen-bond donors (Lipinski definition) is 1. The van der Waals surface area contributed by atoms with E-state index in [1.807, 2.05) is 0 Å². The molecule has 2 aromatic heterocycles. The number of nitrogens with zero attached hydrogens (tertiary/aromatic N) is 4. The number of thiol groups is 1. The Bertz CT molecular complexity index is 478. The maximum absolute atomic E-state index is 4.16. The van der Waals surface area contributed by atoms with E-state index < -0.39 is 0 Å². The van der Waals surface area contributed by atoms with E-state index in [-0.39, 0.29) is 0 Å². The largest absolute Gasteiger partial charge is 0.274 e. The lowest BCUT2D eigenvalue weighted by atomic mass is 10.3. The van der Waals surface area contributed by atoms with Gasteiger partial charge < -0.3 is 0 Å². The lowest BCUT2D eigenvalue weighted by molar-refractivity contribution is 0.923. The van der Waals surface area contributed by atoms with E-state index in [1.165, 1.54) is 0 Å². The summed E-state index contributed by atoms with van der Waals surface area (Å²) in [5, 5.41) is 0. The molecule has 2 rings (SSSR count). The fraction of sp³-hybridized carbons (Fsp3) is 0.100. The smallest absolute Gasteiger partial charge is 0.234 e. The molecule has 0 aliphatic heterocycles. The van der Waals surface area contributed by atoms with Crippen molar-refractivity contribution in [1.82, 2.24) is 19.5 Å². The van der Waals surface area contributed by atoms with Gasteiger partial charge in [-0.3, -0.25) is 4.57 Å². The monoisotopic (exact) mass is 216 g/mol. The van der Waals surface area contributed by atoms with Gasteiger partial charge in [0.2, 0.25) is 5.95 Å². The van der Waals surface area contributed by atoms with Crippen LogP contribution in [0.3, 0.4) is 0 Å². The van der Waals surface area contributed by atoms with E-state index in [0.717, 1.165) is 5.56 Å². The number of hydrogen-bond acceptors (Lipinski definition) is 4. The summed E-state index contributed by atoms with van der Waals surface area (Å²) in [5.74, 6) is 6.84. The molecule has 0 radical (unpaired) electrons. The van der Waals surface area contributed by atoms with Crippen molar-refractivity contribution in [2.24, 2.45) is 0 Å². The van der Waals surface area contributed by atoms with Crippen LogP contribution in [-0.2, 0) is 0 Å². The van der Waals surface area contributed by atoms with Gasteiger partial charge in [0.1, 0.15) is 6.33 Å². The van der Waals surface area contributed by atoms with Crippen LogP contribution in [0, 0.1) is 11.8 Å². The highest BCUT2D eigenvalue weighted by Gasteiger charge is 1.97. The summed E-state index contributed by atoms with van der Waals surface area (Å²) in [6.45, 7) is 0. The maximum Gasteiger partial charge on any atom is 0.234 e. The molecule has 2 aromatic rings. The molecule has 0 aliphatic carbocycles. The Labute approximate surface area is 92.8 Å². The molecular weight excluding hydrogens is 208 g/mol. The second-order valence-electron chi connectivity index (χ2n) is 2.70. The molecule has 0 amide bonds. The van der Waals surface area contributed by atoms with Gasteiger partial charge in [0.05, 0.1) is 11.3 Å². The van der Waals surface area contributed by atoms with Gasteiger partial charge in [-0.15, -0.1) is 0 Å². The van der Waals surface area contributed by atoms with Gasteiger partial charge in [0, 0.05) is 24.8 Å². The summed E-state index contributed by atoms with van der Waals surface area (Å²) in [5.41, 5.74) is 0.785. The Morgan fingerprint density at radius 3 is 2.73 bits per heavy atom. The quantitative estimate of drug-likeness (QED) is 0.570. The Balaban J connectivity index is 2.25. The van der Waals surface area contributed by atoms with E-state index in [2.05, 4.69) is 39.4 Å². The zero-order valence-corrected chi connectivity index (χ0v) is 8.72. The van der Waals surface area contributed by atoms with Crippen molar-refractivity contribution in [2.75, 3.05) is 5.75 Å². The average molecular weight is 216 g/mol. The first-order valence-electron chi connectivity index (χ1n) is 4.30. The summed E-state index contributed by atoms with van der Waals surface area (Å²) >= 11 is 3.99.